The summed E-state index contributed by atoms with van der Waals surface area (Å²) in [5, 5.41) is -0.152. The summed E-state index contributed by atoms with van der Waals surface area (Å²) in [4.78, 5) is 2.49. The van der Waals surface area contributed by atoms with Crippen molar-refractivity contribution in [2.45, 2.75) is 63.3 Å². The van der Waals surface area contributed by atoms with Crippen molar-refractivity contribution in [2.24, 2.45) is 11.8 Å². The van der Waals surface area contributed by atoms with Crippen LogP contribution in [0, 0.1) is 11.8 Å². The van der Waals surface area contributed by atoms with E-state index >= 15 is 0 Å². The van der Waals surface area contributed by atoms with Gasteiger partial charge in [-0.15, -0.1) is 0 Å². The van der Waals surface area contributed by atoms with Crippen molar-refractivity contribution >= 4 is 10.0 Å². The minimum atomic E-state index is -3.20. The van der Waals surface area contributed by atoms with Crippen LogP contribution in [0.15, 0.2) is 24.3 Å². The summed E-state index contributed by atoms with van der Waals surface area (Å²) < 4.78 is 28.5. The van der Waals surface area contributed by atoms with Gasteiger partial charge in [0.2, 0.25) is 10.0 Å². The first kappa shape index (κ1) is 17.5. The van der Waals surface area contributed by atoms with Gasteiger partial charge in [-0.2, -0.15) is 0 Å². The molecule has 4 rings (SSSR count). The van der Waals surface area contributed by atoms with Crippen molar-refractivity contribution < 1.29 is 8.42 Å². The van der Waals surface area contributed by atoms with E-state index in [1.807, 2.05) is 6.07 Å². The average molecular weight is 363 g/mol. The van der Waals surface area contributed by atoms with Gasteiger partial charge in [0, 0.05) is 13.1 Å². The molecule has 1 saturated heterocycles. The summed E-state index contributed by atoms with van der Waals surface area (Å²) in [6.07, 6.45) is 8.21. The van der Waals surface area contributed by atoms with E-state index in [0.717, 1.165) is 44.5 Å². The van der Waals surface area contributed by atoms with Crippen molar-refractivity contribution in [3.8, 4) is 0 Å². The van der Waals surface area contributed by atoms with Gasteiger partial charge in [0.15, 0.2) is 0 Å². The van der Waals surface area contributed by atoms with E-state index in [4.69, 9.17) is 0 Å². The Hall–Kier alpha value is -0.910. The van der Waals surface area contributed by atoms with E-state index in [2.05, 4.69) is 27.8 Å². The summed E-state index contributed by atoms with van der Waals surface area (Å²) in [7, 11) is -3.20. The largest absolute Gasteiger partial charge is 0.299 e. The molecular weight excluding hydrogens is 332 g/mol. The SMILES string of the molecule is O=S(=O)(NCc1ccccc1CN1CCCCC1)[C@H]1C[C@H]2CC[C@H]1C2. The fourth-order valence-electron chi connectivity index (χ4n) is 5.09. The van der Waals surface area contributed by atoms with E-state index in [-0.39, 0.29) is 5.25 Å². The number of piperidine rings is 1. The maximum absolute atomic E-state index is 12.8. The molecule has 25 heavy (non-hydrogen) atoms. The summed E-state index contributed by atoms with van der Waals surface area (Å²) in [6, 6.07) is 8.30. The van der Waals surface area contributed by atoms with Gasteiger partial charge in [0.05, 0.1) is 5.25 Å². The molecule has 0 unspecified atom stereocenters. The van der Waals surface area contributed by atoms with Crippen LogP contribution in [0.1, 0.15) is 56.1 Å². The maximum atomic E-state index is 12.8. The molecule has 1 aromatic rings. The van der Waals surface area contributed by atoms with Gasteiger partial charge in [-0.05, 0) is 68.2 Å². The van der Waals surface area contributed by atoms with Crippen LogP contribution in [0.3, 0.4) is 0 Å². The molecule has 4 nitrogen and oxygen atoms in total. The highest BCUT2D eigenvalue weighted by Crippen LogP contribution is 2.47. The Morgan fingerprint density at radius 2 is 1.76 bits per heavy atom. The average Bonchev–Trinajstić information content (AvgIpc) is 3.26. The lowest BCUT2D eigenvalue weighted by atomic mass is 10.0. The van der Waals surface area contributed by atoms with Crippen molar-refractivity contribution in [3.63, 3.8) is 0 Å². The zero-order valence-electron chi connectivity index (χ0n) is 15.0. The Bertz CT molecular complexity index is 697. The van der Waals surface area contributed by atoms with Crippen LogP contribution in [-0.2, 0) is 23.1 Å². The number of likely N-dealkylation sites (tertiary alicyclic amines) is 1. The number of hydrogen-bond acceptors (Lipinski definition) is 3. The van der Waals surface area contributed by atoms with E-state index in [1.165, 1.54) is 31.2 Å². The van der Waals surface area contributed by atoms with Crippen LogP contribution in [0.2, 0.25) is 0 Å². The van der Waals surface area contributed by atoms with Gasteiger partial charge >= 0.3 is 0 Å². The lowest BCUT2D eigenvalue weighted by Gasteiger charge is -2.27. The van der Waals surface area contributed by atoms with Crippen molar-refractivity contribution in [3.05, 3.63) is 35.4 Å². The first-order valence-electron chi connectivity index (χ1n) is 9.89. The fourth-order valence-corrected chi connectivity index (χ4v) is 6.94. The molecule has 5 heteroatoms. The van der Waals surface area contributed by atoms with Gasteiger partial charge in [-0.3, -0.25) is 4.90 Å². The predicted octanol–water partition coefficient (Wildman–Crippen LogP) is 3.28. The first-order valence-corrected chi connectivity index (χ1v) is 11.4. The summed E-state index contributed by atoms with van der Waals surface area (Å²) >= 11 is 0. The number of hydrogen-bond donors (Lipinski definition) is 1. The summed E-state index contributed by atoms with van der Waals surface area (Å²) in [5.74, 6) is 1.05. The monoisotopic (exact) mass is 362 g/mol. The van der Waals surface area contributed by atoms with Crippen LogP contribution in [-0.4, -0.2) is 31.7 Å². The predicted molar refractivity (Wildman–Crippen MR) is 101 cm³/mol. The number of sulfonamides is 1. The number of fused-ring (bicyclic) bond motifs is 2. The third-order valence-electron chi connectivity index (χ3n) is 6.50. The molecule has 3 aliphatic rings. The molecule has 2 bridgehead atoms. The Morgan fingerprint density at radius 1 is 1.00 bits per heavy atom. The molecule has 1 aliphatic heterocycles. The molecule has 0 spiro atoms. The second-order valence-corrected chi connectivity index (χ2v) is 10.2. The molecule has 3 fully saturated rings. The highest BCUT2D eigenvalue weighted by molar-refractivity contribution is 7.90. The lowest BCUT2D eigenvalue weighted by molar-refractivity contribution is 0.220. The Balaban J connectivity index is 1.40. The number of nitrogens with zero attached hydrogens (tertiary/aromatic N) is 1. The van der Waals surface area contributed by atoms with Gasteiger partial charge in [-0.25, -0.2) is 13.1 Å². The molecule has 2 saturated carbocycles. The minimum Gasteiger partial charge on any atom is -0.299 e. The lowest BCUT2D eigenvalue weighted by Crippen LogP contribution is -2.37. The zero-order chi connectivity index (χ0) is 17.3. The van der Waals surface area contributed by atoms with Crippen LogP contribution in [0.5, 0.6) is 0 Å². The highest BCUT2D eigenvalue weighted by atomic mass is 32.2. The third-order valence-corrected chi connectivity index (χ3v) is 8.42. The van der Waals surface area contributed by atoms with Crippen molar-refractivity contribution in [1.29, 1.82) is 0 Å². The molecular formula is C20H30N2O2S. The molecule has 1 aromatic carbocycles. The standard InChI is InChI=1S/C20H30N2O2S/c23-25(24,20-13-16-8-9-17(20)12-16)21-14-18-6-2-3-7-19(18)15-22-10-4-1-5-11-22/h2-3,6-7,16-17,20-21H,1,4-5,8-15H2/t16-,17-,20-/m0/s1. The number of rotatable bonds is 6. The minimum absolute atomic E-state index is 0.152. The fraction of sp³-hybridized carbons (Fsp3) is 0.700. The van der Waals surface area contributed by atoms with E-state index < -0.39 is 10.0 Å². The maximum Gasteiger partial charge on any atom is 0.215 e. The Morgan fingerprint density at radius 3 is 2.44 bits per heavy atom. The van der Waals surface area contributed by atoms with Gasteiger partial charge in [-0.1, -0.05) is 37.1 Å². The third kappa shape index (κ3) is 3.93. The van der Waals surface area contributed by atoms with Crippen LogP contribution < -0.4 is 4.72 Å². The second kappa shape index (κ2) is 7.37. The Kier molecular flexibility index (Phi) is 5.16. The topological polar surface area (TPSA) is 49.4 Å². The molecule has 0 aromatic heterocycles. The first-order chi connectivity index (χ1) is 12.1. The van der Waals surface area contributed by atoms with Crippen LogP contribution in [0.4, 0.5) is 0 Å². The summed E-state index contributed by atoms with van der Waals surface area (Å²) in [5.41, 5.74) is 2.39. The molecule has 0 radical (unpaired) electrons. The van der Waals surface area contributed by atoms with E-state index in [9.17, 15) is 8.42 Å². The summed E-state index contributed by atoms with van der Waals surface area (Å²) in [6.45, 7) is 3.68. The van der Waals surface area contributed by atoms with Gasteiger partial charge in [0.1, 0.15) is 0 Å². The van der Waals surface area contributed by atoms with Gasteiger partial charge in [0.25, 0.3) is 0 Å². The normalized spacial score (nSPS) is 30.0. The van der Waals surface area contributed by atoms with E-state index in [1.54, 1.807) is 0 Å². The number of nitrogens with one attached hydrogen (secondary N) is 1. The van der Waals surface area contributed by atoms with Crippen molar-refractivity contribution in [2.75, 3.05) is 13.1 Å². The molecule has 0 amide bonds. The smallest absolute Gasteiger partial charge is 0.215 e. The van der Waals surface area contributed by atoms with Crippen LogP contribution >= 0.6 is 0 Å². The molecule has 2 aliphatic carbocycles. The Labute approximate surface area is 152 Å². The van der Waals surface area contributed by atoms with E-state index in [0.29, 0.717) is 18.4 Å². The molecule has 3 atom stereocenters. The quantitative estimate of drug-likeness (QED) is 0.845. The number of benzene rings is 1. The molecule has 1 N–H and O–H groups in total. The zero-order valence-corrected chi connectivity index (χ0v) is 15.8. The molecule has 1 heterocycles. The van der Waals surface area contributed by atoms with Crippen molar-refractivity contribution in [1.82, 2.24) is 9.62 Å². The van der Waals surface area contributed by atoms with Gasteiger partial charge < -0.3 is 0 Å². The highest BCUT2D eigenvalue weighted by Gasteiger charge is 2.45. The van der Waals surface area contributed by atoms with Crippen LogP contribution in [0.25, 0.3) is 0 Å². The second-order valence-electron chi connectivity index (χ2n) is 8.18. The molecule has 138 valence electrons.